The number of nitrogens with one attached hydrogen (secondary N) is 1. The maximum Gasteiger partial charge on any atom is 0.256 e. The molecule has 0 aliphatic carbocycles. The molecule has 0 saturated heterocycles. The molecule has 1 aliphatic heterocycles. The van der Waals surface area contributed by atoms with Gasteiger partial charge in [-0.1, -0.05) is 0 Å². The molecule has 0 radical (unpaired) electrons. The quantitative estimate of drug-likeness (QED) is 0.689. The summed E-state index contributed by atoms with van der Waals surface area (Å²) < 4.78 is 1.58. The highest BCUT2D eigenvalue weighted by molar-refractivity contribution is 5.19. The van der Waals surface area contributed by atoms with Crippen molar-refractivity contribution in [2.45, 2.75) is 25.9 Å². The summed E-state index contributed by atoms with van der Waals surface area (Å²) in [6, 6.07) is 0. The fraction of sp³-hybridized carbons (Fsp3) is 0.600. The number of aryl methyl sites for hydroxylation is 1. The highest BCUT2D eigenvalue weighted by Crippen LogP contribution is 2.05. The van der Waals surface area contributed by atoms with Crippen molar-refractivity contribution in [3.05, 3.63) is 27.9 Å². The molecule has 5 nitrogen and oxygen atoms in total. The second kappa shape index (κ2) is 4.55. The van der Waals surface area contributed by atoms with Gasteiger partial charge in [-0.2, -0.15) is 0 Å². The van der Waals surface area contributed by atoms with Gasteiger partial charge in [0.15, 0.2) is 0 Å². The van der Waals surface area contributed by atoms with Crippen molar-refractivity contribution in [3.63, 3.8) is 0 Å². The second-order valence-corrected chi connectivity index (χ2v) is 3.67. The van der Waals surface area contributed by atoms with Gasteiger partial charge >= 0.3 is 0 Å². The van der Waals surface area contributed by atoms with Crippen LogP contribution in [0, 0.1) is 0 Å². The molecule has 0 bridgehead atoms. The molecule has 2 N–H and O–H groups in total. The molecule has 2 rings (SSSR count). The average molecular weight is 209 g/mol. The lowest BCUT2D eigenvalue weighted by atomic mass is 10.1. The molecule has 15 heavy (non-hydrogen) atoms. The molecule has 1 aliphatic rings. The summed E-state index contributed by atoms with van der Waals surface area (Å²) in [5.41, 5.74) is 1.75. The van der Waals surface area contributed by atoms with Gasteiger partial charge in [0, 0.05) is 25.3 Å². The van der Waals surface area contributed by atoms with Gasteiger partial charge in [0.2, 0.25) is 0 Å². The molecule has 0 aromatic carbocycles. The first-order valence-corrected chi connectivity index (χ1v) is 5.21. The Hall–Kier alpha value is -1.20. The third-order valence-corrected chi connectivity index (χ3v) is 2.62. The molecule has 0 saturated carbocycles. The first-order chi connectivity index (χ1) is 7.33. The molecule has 0 amide bonds. The number of fused-ring (bicyclic) bond motifs is 1. The molecule has 5 heteroatoms. The van der Waals surface area contributed by atoms with E-state index in [0.717, 1.165) is 24.2 Å². The smallest absolute Gasteiger partial charge is 0.256 e. The van der Waals surface area contributed by atoms with Crippen LogP contribution in [0.2, 0.25) is 0 Å². The summed E-state index contributed by atoms with van der Waals surface area (Å²) in [6.07, 6.45) is 2.92. The molecule has 0 unspecified atom stereocenters. The molecule has 0 spiro atoms. The Kier molecular flexibility index (Phi) is 3.13. The van der Waals surface area contributed by atoms with Crippen LogP contribution in [0.4, 0.5) is 0 Å². The van der Waals surface area contributed by atoms with Crippen molar-refractivity contribution >= 4 is 0 Å². The topological polar surface area (TPSA) is 67.2 Å². The predicted molar refractivity (Wildman–Crippen MR) is 55.6 cm³/mol. The van der Waals surface area contributed by atoms with Crippen LogP contribution in [0.1, 0.15) is 17.7 Å². The lowest BCUT2D eigenvalue weighted by molar-refractivity contribution is 0.278. The van der Waals surface area contributed by atoms with Crippen LogP contribution in [0.3, 0.4) is 0 Å². The Morgan fingerprint density at radius 3 is 3.27 bits per heavy atom. The number of aliphatic hydroxyl groups is 1. The highest BCUT2D eigenvalue weighted by Gasteiger charge is 2.14. The average Bonchev–Trinajstić information content (AvgIpc) is 2.29. The molecule has 2 heterocycles. The van der Waals surface area contributed by atoms with Gasteiger partial charge in [0.25, 0.3) is 5.56 Å². The minimum absolute atomic E-state index is 0.0509. The fourth-order valence-corrected chi connectivity index (χ4v) is 1.79. The van der Waals surface area contributed by atoms with E-state index in [-0.39, 0.29) is 12.2 Å². The standard InChI is InChI=1S/C10H15N3O2/c14-5-1-4-13-7-12-9-6-11-3-2-8(9)10(13)15/h7,11,14H,1-6H2. The fourth-order valence-electron chi connectivity index (χ4n) is 1.79. The molecule has 0 fully saturated rings. The summed E-state index contributed by atoms with van der Waals surface area (Å²) in [4.78, 5) is 16.2. The molecule has 1 aromatic heterocycles. The van der Waals surface area contributed by atoms with E-state index in [9.17, 15) is 4.79 Å². The number of hydrogen-bond donors (Lipinski definition) is 2. The van der Waals surface area contributed by atoms with Crippen molar-refractivity contribution < 1.29 is 5.11 Å². The Bertz CT molecular complexity index is 400. The summed E-state index contributed by atoms with van der Waals surface area (Å²) in [6.45, 7) is 2.17. The SMILES string of the molecule is O=c1c2c(ncn1CCCO)CNCC2. The van der Waals surface area contributed by atoms with Crippen LogP contribution in [0.5, 0.6) is 0 Å². The molecular formula is C10H15N3O2. The Morgan fingerprint density at radius 2 is 2.47 bits per heavy atom. The third-order valence-electron chi connectivity index (χ3n) is 2.62. The van der Waals surface area contributed by atoms with Crippen molar-refractivity contribution in [3.8, 4) is 0 Å². The third kappa shape index (κ3) is 2.08. The van der Waals surface area contributed by atoms with Crippen LogP contribution in [0.15, 0.2) is 11.1 Å². The monoisotopic (exact) mass is 209 g/mol. The van der Waals surface area contributed by atoms with Crippen LogP contribution in [-0.2, 0) is 19.5 Å². The zero-order chi connectivity index (χ0) is 10.7. The van der Waals surface area contributed by atoms with Gasteiger partial charge in [-0.25, -0.2) is 4.98 Å². The second-order valence-electron chi connectivity index (χ2n) is 3.67. The van der Waals surface area contributed by atoms with Crippen LogP contribution < -0.4 is 10.9 Å². The van der Waals surface area contributed by atoms with E-state index in [0.29, 0.717) is 19.5 Å². The predicted octanol–water partition coefficient (Wildman–Crippen LogP) is -0.729. The normalized spacial score (nSPS) is 15.0. The molecular weight excluding hydrogens is 194 g/mol. The minimum atomic E-state index is 0.0509. The van der Waals surface area contributed by atoms with Gasteiger partial charge in [0.05, 0.1) is 12.0 Å². The summed E-state index contributed by atoms with van der Waals surface area (Å²) in [5, 5.41) is 11.9. The maximum atomic E-state index is 11.9. The first-order valence-electron chi connectivity index (χ1n) is 5.21. The van der Waals surface area contributed by atoms with Crippen molar-refractivity contribution in [1.29, 1.82) is 0 Å². The van der Waals surface area contributed by atoms with E-state index in [1.54, 1.807) is 10.9 Å². The molecule has 0 atom stereocenters. The minimum Gasteiger partial charge on any atom is -0.396 e. The van der Waals surface area contributed by atoms with Gasteiger partial charge in [-0.15, -0.1) is 0 Å². The Labute approximate surface area is 87.8 Å². The van der Waals surface area contributed by atoms with Crippen LogP contribution >= 0.6 is 0 Å². The van der Waals surface area contributed by atoms with E-state index >= 15 is 0 Å². The number of rotatable bonds is 3. The molecule has 1 aromatic rings. The van der Waals surface area contributed by atoms with Gasteiger partial charge in [-0.05, 0) is 19.4 Å². The van der Waals surface area contributed by atoms with Crippen molar-refractivity contribution in [2.24, 2.45) is 0 Å². The first kappa shape index (κ1) is 10.3. The number of hydrogen-bond acceptors (Lipinski definition) is 4. The van der Waals surface area contributed by atoms with Gasteiger partial charge in [-0.3, -0.25) is 9.36 Å². The zero-order valence-corrected chi connectivity index (χ0v) is 8.57. The summed E-state index contributed by atoms with van der Waals surface area (Å²) in [7, 11) is 0. The number of aliphatic hydroxyl groups excluding tert-OH is 1. The highest BCUT2D eigenvalue weighted by atomic mass is 16.3. The largest absolute Gasteiger partial charge is 0.396 e. The molecule has 82 valence electrons. The zero-order valence-electron chi connectivity index (χ0n) is 8.57. The Morgan fingerprint density at radius 1 is 1.60 bits per heavy atom. The Balaban J connectivity index is 2.30. The summed E-state index contributed by atoms with van der Waals surface area (Å²) >= 11 is 0. The summed E-state index contributed by atoms with van der Waals surface area (Å²) in [5.74, 6) is 0. The van der Waals surface area contributed by atoms with E-state index in [1.165, 1.54) is 0 Å². The van der Waals surface area contributed by atoms with E-state index in [2.05, 4.69) is 10.3 Å². The van der Waals surface area contributed by atoms with Crippen molar-refractivity contribution in [1.82, 2.24) is 14.9 Å². The van der Waals surface area contributed by atoms with E-state index in [4.69, 9.17) is 5.11 Å². The van der Waals surface area contributed by atoms with Crippen LogP contribution in [0.25, 0.3) is 0 Å². The number of aromatic nitrogens is 2. The maximum absolute atomic E-state index is 11.9. The van der Waals surface area contributed by atoms with Crippen LogP contribution in [-0.4, -0.2) is 27.8 Å². The number of nitrogens with zero attached hydrogens (tertiary/aromatic N) is 2. The van der Waals surface area contributed by atoms with Crippen molar-refractivity contribution in [2.75, 3.05) is 13.2 Å². The van der Waals surface area contributed by atoms with Gasteiger partial charge < -0.3 is 10.4 Å². The van der Waals surface area contributed by atoms with E-state index in [1.807, 2.05) is 0 Å². The van der Waals surface area contributed by atoms with E-state index < -0.39 is 0 Å². The van der Waals surface area contributed by atoms with Gasteiger partial charge in [0.1, 0.15) is 0 Å². The lowest BCUT2D eigenvalue weighted by Gasteiger charge is -2.16. The lowest BCUT2D eigenvalue weighted by Crippen LogP contribution is -2.34.